The highest BCUT2D eigenvalue weighted by Crippen LogP contribution is 2.26. The molecule has 1 amide bonds. The van der Waals surface area contributed by atoms with Gasteiger partial charge < -0.3 is 5.32 Å². The number of nitro groups is 1. The first-order valence-corrected chi connectivity index (χ1v) is 6.66. The van der Waals surface area contributed by atoms with Crippen molar-refractivity contribution >= 4 is 40.5 Å². The number of nitrogens with one attached hydrogen (secondary N) is 1. The first kappa shape index (κ1) is 15.3. The van der Waals surface area contributed by atoms with Crippen LogP contribution in [0, 0.1) is 10.1 Å². The minimum atomic E-state index is -0.688. The van der Waals surface area contributed by atoms with Gasteiger partial charge in [-0.25, -0.2) is 0 Å². The second-order valence-corrected chi connectivity index (χ2v) is 4.87. The zero-order chi connectivity index (χ0) is 15.6. The Hall–Kier alpha value is -2.12. The lowest BCUT2D eigenvalue weighted by Gasteiger charge is -2.04. The Labute approximate surface area is 129 Å². The Morgan fingerprint density at radius 1 is 1.43 bits per heavy atom. The molecule has 0 radical (unpaired) electrons. The number of carbonyl (C=O) groups is 1. The summed E-state index contributed by atoms with van der Waals surface area (Å²) in [6, 6.07) is 4.50. The minimum Gasteiger partial charge on any atom is -0.320 e. The molecule has 1 N–H and O–H groups in total. The number of nitrogens with zero attached hydrogens (tertiary/aromatic N) is 3. The van der Waals surface area contributed by atoms with Crippen LogP contribution in [0.25, 0.3) is 0 Å². The highest BCUT2D eigenvalue weighted by molar-refractivity contribution is 6.42. The highest BCUT2D eigenvalue weighted by Gasteiger charge is 2.25. The molecule has 0 fully saturated rings. The second-order valence-electron chi connectivity index (χ2n) is 4.06. The van der Waals surface area contributed by atoms with Crippen LogP contribution in [0.2, 0.25) is 10.0 Å². The van der Waals surface area contributed by atoms with Crippen molar-refractivity contribution in [1.82, 2.24) is 9.78 Å². The lowest BCUT2D eigenvalue weighted by atomic mass is 10.3. The van der Waals surface area contributed by atoms with E-state index in [2.05, 4.69) is 10.4 Å². The van der Waals surface area contributed by atoms with Gasteiger partial charge >= 0.3 is 5.69 Å². The molecule has 2 rings (SSSR count). The predicted octanol–water partition coefficient (Wildman–Crippen LogP) is 3.37. The Balaban J connectivity index is 2.29. The molecule has 0 aliphatic rings. The van der Waals surface area contributed by atoms with Gasteiger partial charge in [0.05, 0.1) is 15.0 Å². The second kappa shape index (κ2) is 6.11. The van der Waals surface area contributed by atoms with E-state index < -0.39 is 10.8 Å². The van der Waals surface area contributed by atoms with Crippen molar-refractivity contribution in [2.75, 3.05) is 5.32 Å². The molecule has 0 bridgehead atoms. The number of aromatic nitrogens is 2. The molecule has 1 heterocycles. The van der Waals surface area contributed by atoms with E-state index in [9.17, 15) is 14.9 Å². The van der Waals surface area contributed by atoms with E-state index in [4.69, 9.17) is 23.2 Å². The van der Waals surface area contributed by atoms with Crippen LogP contribution in [-0.2, 0) is 6.54 Å². The van der Waals surface area contributed by atoms with Gasteiger partial charge in [0, 0.05) is 12.2 Å². The van der Waals surface area contributed by atoms with E-state index in [0.717, 1.165) is 0 Å². The third-order valence-corrected chi connectivity index (χ3v) is 3.39. The number of anilines is 1. The number of amides is 1. The third kappa shape index (κ3) is 3.32. The van der Waals surface area contributed by atoms with Crippen molar-refractivity contribution in [3.8, 4) is 0 Å². The van der Waals surface area contributed by atoms with E-state index in [-0.39, 0.29) is 16.4 Å². The molecule has 2 aromatic rings. The van der Waals surface area contributed by atoms with E-state index >= 15 is 0 Å². The first-order valence-electron chi connectivity index (χ1n) is 5.90. The number of carbonyl (C=O) groups excluding carboxylic acids is 1. The summed E-state index contributed by atoms with van der Waals surface area (Å²) < 4.78 is 1.32. The summed E-state index contributed by atoms with van der Waals surface area (Å²) in [6.07, 6.45) is 1.21. The molecule has 0 aliphatic heterocycles. The fraction of sp³-hybridized carbons (Fsp3) is 0.167. The molecule has 0 atom stereocenters. The first-order chi connectivity index (χ1) is 9.92. The van der Waals surface area contributed by atoms with Crippen LogP contribution in [-0.4, -0.2) is 20.6 Å². The summed E-state index contributed by atoms with van der Waals surface area (Å²) in [7, 11) is 0. The van der Waals surface area contributed by atoms with Crippen molar-refractivity contribution in [3.63, 3.8) is 0 Å². The van der Waals surface area contributed by atoms with Gasteiger partial charge in [-0.1, -0.05) is 23.2 Å². The third-order valence-electron chi connectivity index (χ3n) is 2.66. The maximum Gasteiger partial charge on any atom is 0.320 e. The molecule has 110 valence electrons. The maximum absolute atomic E-state index is 12.1. The Morgan fingerprint density at radius 3 is 2.71 bits per heavy atom. The molecule has 7 nitrogen and oxygen atoms in total. The molecule has 1 aromatic carbocycles. The molecular formula is C12H10Cl2N4O3. The van der Waals surface area contributed by atoms with Crippen LogP contribution in [0.3, 0.4) is 0 Å². The Bertz CT molecular complexity index is 715. The van der Waals surface area contributed by atoms with E-state index in [0.29, 0.717) is 17.3 Å². The molecule has 0 saturated carbocycles. The van der Waals surface area contributed by atoms with Gasteiger partial charge in [-0.05, 0) is 25.1 Å². The topological polar surface area (TPSA) is 90.1 Å². The van der Waals surface area contributed by atoms with Gasteiger partial charge in [-0.3, -0.25) is 19.6 Å². The molecule has 21 heavy (non-hydrogen) atoms. The molecule has 0 spiro atoms. The number of benzene rings is 1. The number of rotatable bonds is 4. The fourth-order valence-electron chi connectivity index (χ4n) is 1.63. The summed E-state index contributed by atoms with van der Waals surface area (Å²) in [6.45, 7) is 2.18. The average molecular weight is 329 g/mol. The Morgan fingerprint density at radius 2 is 2.14 bits per heavy atom. The maximum atomic E-state index is 12.1. The summed E-state index contributed by atoms with van der Waals surface area (Å²) in [4.78, 5) is 22.4. The molecule has 1 aromatic heterocycles. The molecule has 9 heteroatoms. The monoisotopic (exact) mass is 328 g/mol. The summed E-state index contributed by atoms with van der Waals surface area (Å²) in [5, 5.41) is 17.9. The van der Waals surface area contributed by atoms with Crippen LogP contribution >= 0.6 is 23.2 Å². The van der Waals surface area contributed by atoms with E-state index in [1.165, 1.54) is 29.1 Å². The molecular weight excluding hydrogens is 319 g/mol. The van der Waals surface area contributed by atoms with Crippen molar-refractivity contribution in [2.24, 2.45) is 0 Å². The van der Waals surface area contributed by atoms with Crippen LogP contribution in [0.4, 0.5) is 11.4 Å². The lowest BCUT2D eigenvalue weighted by molar-refractivity contribution is -0.385. The number of hydrogen-bond donors (Lipinski definition) is 1. The zero-order valence-corrected chi connectivity index (χ0v) is 12.4. The summed E-state index contributed by atoms with van der Waals surface area (Å²) in [5.41, 5.74) is -0.239. The van der Waals surface area contributed by atoms with Crippen LogP contribution < -0.4 is 5.32 Å². The highest BCUT2D eigenvalue weighted by atomic mass is 35.5. The zero-order valence-electron chi connectivity index (χ0n) is 10.8. The van der Waals surface area contributed by atoms with Gasteiger partial charge in [0.1, 0.15) is 6.20 Å². The van der Waals surface area contributed by atoms with Gasteiger partial charge in [-0.2, -0.15) is 5.10 Å². The molecule has 0 unspecified atom stereocenters. The standard InChI is InChI=1S/C12H10Cl2N4O3/c1-2-17-6-10(18(20)21)11(16-17)12(19)15-7-3-4-8(13)9(14)5-7/h3-6H,2H2,1H3,(H,15,19). The van der Waals surface area contributed by atoms with Crippen molar-refractivity contribution < 1.29 is 9.72 Å². The Kier molecular flexibility index (Phi) is 4.44. The van der Waals surface area contributed by atoms with Crippen LogP contribution in [0.5, 0.6) is 0 Å². The summed E-state index contributed by atoms with van der Waals surface area (Å²) in [5.74, 6) is -0.688. The summed E-state index contributed by atoms with van der Waals surface area (Å²) >= 11 is 11.6. The normalized spacial score (nSPS) is 10.4. The van der Waals surface area contributed by atoms with Gasteiger partial charge in [-0.15, -0.1) is 0 Å². The number of halogens is 2. The predicted molar refractivity (Wildman–Crippen MR) is 79.0 cm³/mol. The lowest BCUT2D eigenvalue weighted by Crippen LogP contribution is -2.14. The largest absolute Gasteiger partial charge is 0.320 e. The van der Waals surface area contributed by atoms with Crippen LogP contribution in [0.15, 0.2) is 24.4 Å². The minimum absolute atomic E-state index is 0.257. The van der Waals surface area contributed by atoms with Crippen LogP contribution in [0.1, 0.15) is 17.4 Å². The SMILES string of the molecule is CCn1cc([N+](=O)[O-])c(C(=O)Nc2ccc(Cl)c(Cl)c2)n1. The molecule has 0 saturated heterocycles. The van der Waals surface area contributed by atoms with Gasteiger partial charge in [0.15, 0.2) is 0 Å². The smallest absolute Gasteiger partial charge is 0.320 e. The van der Waals surface area contributed by atoms with Gasteiger partial charge in [0.25, 0.3) is 5.91 Å². The fourth-order valence-corrected chi connectivity index (χ4v) is 1.93. The van der Waals surface area contributed by atoms with Crippen molar-refractivity contribution in [2.45, 2.75) is 13.5 Å². The van der Waals surface area contributed by atoms with Crippen molar-refractivity contribution in [3.05, 3.63) is 50.2 Å². The average Bonchev–Trinajstić information content (AvgIpc) is 2.87. The quantitative estimate of drug-likeness (QED) is 0.688. The number of aryl methyl sites for hydroxylation is 1. The van der Waals surface area contributed by atoms with E-state index in [1.807, 2.05) is 0 Å². The van der Waals surface area contributed by atoms with Gasteiger partial charge in [0.2, 0.25) is 5.69 Å². The molecule has 0 aliphatic carbocycles. The number of hydrogen-bond acceptors (Lipinski definition) is 4. The van der Waals surface area contributed by atoms with E-state index in [1.54, 1.807) is 6.92 Å². The van der Waals surface area contributed by atoms with Crippen molar-refractivity contribution in [1.29, 1.82) is 0 Å².